The number of hydrogen-bond donors (Lipinski definition) is 0. The van der Waals surface area contributed by atoms with E-state index < -0.39 is 0 Å². The molecule has 2 heterocycles. The summed E-state index contributed by atoms with van der Waals surface area (Å²) in [5.74, 6) is 0.172. The van der Waals surface area contributed by atoms with Gasteiger partial charge in [-0.3, -0.25) is 0 Å². The van der Waals surface area contributed by atoms with E-state index in [4.69, 9.17) is 4.74 Å². The van der Waals surface area contributed by atoms with Gasteiger partial charge in [-0.1, -0.05) is 12.1 Å². The van der Waals surface area contributed by atoms with Crippen molar-refractivity contribution in [2.45, 2.75) is 13.5 Å². The van der Waals surface area contributed by atoms with Crippen LogP contribution in [0.15, 0.2) is 72.9 Å². The summed E-state index contributed by atoms with van der Waals surface area (Å²) in [4.78, 5) is 0. The van der Waals surface area contributed by atoms with Gasteiger partial charge in [-0.15, -0.1) is 10.2 Å². The fraction of sp³-hybridized carbons (Fsp3) is 0.120. The largest absolute Gasteiger partial charge is 0.494 e. The van der Waals surface area contributed by atoms with Crippen LogP contribution in [0.5, 0.6) is 5.75 Å². The SMILES string of the molecule is CCOc1ccc(-c2nnc3c4cc(F)ccc4n(Cc4ccc(F)cc4)cc2-3)cc1. The predicted molar refractivity (Wildman–Crippen MR) is 116 cm³/mol. The summed E-state index contributed by atoms with van der Waals surface area (Å²) >= 11 is 0. The van der Waals surface area contributed by atoms with Gasteiger partial charge in [-0.2, -0.15) is 0 Å². The Hall–Kier alpha value is -3.80. The van der Waals surface area contributed by atoms with Crippen LogP contribution >= 0.6 is 0 Å². The molecule has 0 fully saturated rings. The second kappa shape index (κ2) is 7.80. The Morgan fingerprint density at radius 1 is 0.839 bits per heavy atom. The highest BCUT2D eigenvalue weighted by molar-refractivity contribution is 5.98. The fourth-order valence-electron chi connectivity index (χ4n) is 3.82. The van der Waals surface area contributed by atoms with Crippen LogP contribution in [0.1, 0.15) is 12.5 Å². The third-order valence-corrected chi connectivity index (χ3v) is 5.27. The number of halogens is 2. The zero-order valence-corrected chi connectivity index (χ0v) is 16.8. The standard InChI is InChI=1S/C25H19F2N3O/c1-2-31-20-10-5-17(6-11-20)24-22-15-30(14-16-3-7-18(26)8-4-16)23-12-9-19(27)13-21(23)25(22)29-28-24/h3-13,15H,2,14H2,1H3. The second-order valence-electron chi connectivity index (χ2n) is 7.31. The molecule has 0 saturated carbocycles. The molecule has 0 bridgehead atoms. The van der Waals surface area contributed by atoms with Crippen LogP contribution in [-0.2, 0) is 6.54 Å². The molecule has 4 nitrogen and oxygen atoms in total. The molecule has 0 aliphatic carbocycles. The van der Waals surface area contributed by atoms with Crippen LogP contribution in [0, 0.1) is 11.6 Å². The van der Waals surface area contributed by atoms with Gasteiger partial charge in [0.15, 0.2) is 0 Å². The summed E-state index contributed by atoms with van der Waals surface area (Å²) in [5.41, 5.74) is 4.85. The van der Waals surface area contributed by atoms with E-state index in [1.165, 1.54) is 24.3 Å². The number of benzene rings is 3. The van der Waals surface area contributed by atoms with Gasteiger partial charge in [0.1, 0.15) is 28.8 Å². The van der Waals surface area contributed by atoms with Crippen LogP contribution in [0.25, 0.3) is 33.4 Å². The number of ether oxygens (including phenoxy) is 1. The second-order valence-corrected chi connectivity index (χ2v) is 7.31. The molecule has 0 unspecified atom stereocenters. The molecule has 3 aromatic carbocycles. The molecule has 2 aliphatic rings. The quantitative estimate of drug-likeness (QED) is 0.357. The van der Waals surface area contributed by atoms with Gasteiger partial charge in [-0.25, -0.2) is 8.78 Å². The van der Waals surface area contributed by atoms with Crippen LogP contribution in [-0.4, -0.2) is 21.4 Å². The lowest BCUT2D eigenvalue weighted by atomic mass is 10.0. The summed E-state index contributed by atoms with van der Waals surface area (Å²) in [6.45, 7) is 3.04. The van der Waals surface area contributed by atoms with E-state index in [2.05, 4.69) is 10.2 Å². The lowest BCUT2D eigenvalue weighted by molar-refractivity contribution is 0.340. The highest BCUT2D eigenvalue weighted by Crippen LogP contribution is 2.37. The normalized spacial score (nSPS) is 11.3. The lowest BCUT2D eigenvalue weighted by Crippen LogP contribution is -2.04. The minimum atomic E-state index is -0.334. The smallest absolute Gasteiger partial charge is 0.124 e. The molecule has 0 amide bonds. The molecule has 0 radical (unpaired) electrons. The average molecular weight is 415 g/mol. The summed E-state index contributed by atoms with van der Waals surface area (Å²) in [5, 5.41) is 9.46. The topological polar surface area (TPSA) is 39.9 Å². The van der Waals surface area contributed by atoms with Gasteiger partial charge >= 0.3 is 0 Å². The Balaban J connectivity index is 1.66. The molecule has 31 heavy (non-hydrogen) atoms. The van der Waals surface area contributed by atoms with Crippen molar-refractivity contribution in [2.75, 3.05) is 6.61 Å². The van der Waals surface area contributed by atoms with Crippen molar-refractivity contribution in [1.82, 2.24) is 14.8 Å². The Morgan fingerprint density at radius 2 is 1.55 bits per heavy atom. The van der Waals surface area contributed by atoms with Crippen molar-refractivity contribution in [2.24, 2.45) is 0 Å². The molecule has 6 heteroatoms. The van der Waals surface area contributed by atoms with Crippen LogP contribution < -0.4 is 4.74 Å². The van der Waals surface area contributed by atoms with Crippen LogP contribution in [0.2, 0.25) is 0 Å². The third-order valence-electron chi connectivity index (χ3n) is 5.27. The highest BCUT2D eigenvalue weighted by atomic mass is 19.1. The van der Waals surface area contributed by atoms with Gasteiger partial charge < -0.3 is 9.30 Å². The Morgan fingerprint density at radius 3 is 2.29 bits per heavy atom. The number of fused-ring (bicyclic) bond motifs is 3. The minimum Gasteiger partial charge on any atom is -0.494 e. The summed E-state index contributed by atoms with van der Waals surface area (Å²) in [6.07, 6.45) is 1.98. The molecule has 5 rings (SSSR count). The monoisotopic (exact) mass is 415 g/mol. The van der Waals surface area contributed by atoms with E-state index in [0.29, 0.717) is 24.2 Å². The van der Waals surface area contributed by atoms with Crippen molar-refractivity contribution in [1.29, 1.82) is 0 Å². The first-order chi connectivity index (χ1) is 15.1. The number of pyridine rings is 1. The van der Waals surface area contributed by atoms with Crippen molar-refractivity contribution in [3.05, 3.63) is 90.1 Å². The maximum Gasteiger partial charge on any atom is 0.124 e. The van der Waals surface area contributed by atoms with Crippen molar-refractivity contribution >= 4 is 10.9 Å². The molecule has 0 spiro atoms. The molecule has 2 aliphatic heterocycles. The molecule has 3 aromatic rings. The van der Waals surface area contributed by atoms with Gasteiger partial charge in [0.2, 0.25) is 0 Å². The third kappa shape index (κ3) is 3.61. The highest BCUT2D eigenvalue weighted by Gasteiger charge is 2.20. The first-order valence-electron chi connectivity index (χ1n) is 10.0. The summed E-state index contributed by atoms with van der Waals surface area (Å²) < 4.78 is 35.0. The van der Waals surface area contributed by atoms with E-state index >= 15 is 0 Å². The number of hydrogen-bond acceptors (Lipinski definition) is 3. The Bertz CT molecular complexity index is 1330. The molecular formula is C25H19F2N3O. The van der Waals surface area contributed by atoms with Gasteiger partial charge in [0.05, 0.1) is 12.1 Å². The first kappa shape index (κ1) is 19.2. The zero-order chi connectivity index (χ0) is 21.4. The van der Waals surface area contributed by atoms with E-state index in [1.54, 1.807) is 18.2 Å². The van der Waals surface area contributed by atoms with Gasteiger partial charge in [0.25, 0.3) is 0 Å². The van der Waals surface area contributed by atoms with Gasteiger partial charge in [0, 0.05) is 29.3 Å². The maximum absolute atomic E-state index is 14.1. The maximum atomic E-state index is 14.1. The van der Waals surface area contributed by atoms with E-state index in [-0.39, 0.29) is 11.6 Å². The molecule has 0 aromatic heterocycles. The van der Waals surface area contributed by atoms with Crippen LogP contribution in [0.3, 0.4) is 0 Å². The minimum absolute atomic E-state index is 0.279. The summed E-state index contributed by atoms with van der Waals surface area (Å²) in [7, 11) is 0. The predicted octanol–water partition coefficient (Wildman–Crippen LogP) is 5.93. The van der Waals surface area contributed by atoms with E-state index in [9.17, 15) is 8.78 Å². The average Bonchev–Trinajstić information content (AvgIpc) is 3.20. The fourth-order valence-corrected chi connectivity index (χ4v) is 3.82. The zero-order valence-electron chi connectivity index (χ0n) is 16.8. The van der Waals surface area contributed by atoms with Crippen molar-refractivity contribution < 1.29 is 13.5 Å². The molecule has 0 N–H and O–H groups in total. The molecule has 0 saturated heterocycles. The van der Waals surface area contributed by atoms with E-state index in [1.807, 2.05) is 42.0 Å². The Kier molecular flexibility index (Phi) is 4.82. The molecular weight excluding hydrogens is 396 g/mol. The van der Waals surface area contributed by atoms with Gasteiger partial charge in [-0.05, 0) is 67.1 Å². The summed E-state index contributed by atoms with van der Waals surface area (Å²) in [6, 6.07) is 18.7. The van der Waals surface area contributed by atoms with Crippen LogP contribution in [0.4, 0.5) is 8.78 Å². The number of rotatable bonds is 5. The lowest BCUT2D eigenvalue weighted by Gasteiger charge is -2.15. The Labute approximate surface area is 178 Å². The number of aromatic nitrogens is 3. The molecule has 154 valence electrons. The van der Waals surface area contributed by atoms with Crippen molar-refractivity contribution in [3.8, 4) is 28.3 Å². The van der Waals surface area contributed by atoms with Crippen molar-refractivity contribution in [3.63, 3.8) is 0 Å². The first-order valence-corrected chi connectivity index (χ1v) is 10.0. The molecule has 0 atom stereocenters. The van der Waals surface area contributed by atoms with E-state index in [0.717, 1.165) is 33.7 Å². The number of nitrogens with zero attached hydrogens (tertiary/aromatic N) is 3.